The van der Waals surface area contributed by atoms with Gasteiger partial charge in [-0.3, -0.25) is 4.79 Å². The molecule has 1 N–H and O–H groups in total. The van der Waals surface area contributed by atoms with Crippen molar-refractivity contribution < 1.29 is 18.3 Å². The summed E-state index contributed by atoms with van der Waals surface area (Å²) in [7, 11) is -3.73. The molecule has 0 saturated heterocycles. The fraction of sp³-hybridized carbons (Fsp3) is 0.424. The highest BCUT2D eigenvalue weighted by molar-refractivity contribution is 7.89. The minimum atomic E-state index is -3.73. The Bertz CT molecular complexity index is 1750. The van der Waals surface area contributed by atoms with Crippen molar-refractivity contribution in [3.05, 3.63) is 88.0 Å². The Balaban J connectivity index is 1.49. The van der Waals surface area contributed by atoms with Crippen LogP contribution in [-0.4, -0.2) is 45.3 Å². The normalized spacial score (nSPS) is 22.6. The van der Waals surface area contributed by atoms with E-state index >= 15 is 0 Å². The van der Waals surface area contributed by atoms with E-state index in [4.69, 9.17) is 0 Å². The van der Waals surface area contributed by atoms with E-state index in [1.807, 2.05) is 61.0 Å². The molecule has 0 fully saturated rings. The zero-order valence-electron chi connectivity index (χ0n) is 24.3. The van der Waals surface area contributed by atoms with Crippen LogP contribution >= 0.6 is 0 Å². The number of aromatic nitrogens is 3. The largest absolute Gasteiger partial charge is 0.481 e. The molecule has 8 nitrogen and oxygen atoms in total. The molecule has 0 spiro atoms. The van der Waals surface area contributed by atoms with Crippen molar-refractivity contribution in [2.24, 2.45) is 5.92 Å². The molecule has 0 aliphatic carbocycles. The Labute approximate surface area is 247 Å². The van der Waals surface area contributed by atoms with Gasteiger partial charge in [-0.1, -0.05) is 60.5 Å². The molecule has 1 aromatic heterocycles. The van der Waals surface area contributed by atoms with Gasteiger partial charge in [0.25, 0.3) is 0 Å². The van der Waals surface area contributed by atoms with Crippen LogP contribution in [0.3, 0.4) is 0 Å². The van der Waals surface area contributed by atoms with E-state index in [0.29, 0.717) is 11.4 Å². The van der Waals surface area contributed by atoms with E-state index in [0.717, 1.165) is 89.5 Å². The summed E-state index contributed by atoms with van der Waals surface area (Å²) in [5, 5.41) is 18.9. The molecular formula is C33H38N4O4S. The van der Waals surface area contributed by atoms with Crippen molar-refractivity contribution >= 4 is 27.0 Å². The first-order valence-corrected chi connectivity index (χ1v) is 16.4. The third-order valence-corrected chi connectivity index (χ3v) is 11.1. The monoisotopic (exact) mass is 586 g/mol. The average molecular weight is 587 g/mol. The quantitative estimate of drug-likeness (QED) is 0.310. The van der Waals surface area contributed by atoms with Gasteiger partial charge in [0.15, 0.2) is 0 Å². The molecule has 3 atom stereocenters. The molecule has 220 valence electrons. The summed E-state index contributed by atoms with van der Waals surface area (Å²) in [6, 6.07) is 17.4. The lowest BCUT2D eigenvalue weighted by atomic mass is 9.84. The Morgan fingerprint density at radius 2 is 1.83 bits per heavy atom. The minimum Gasteiger partial charge on any atom is -0.481 e. The summed E-state index contributed by atoms with van der Waals surface area (Å²) in [5.74, 6) is -1.05. The van der Waals surface area contributed by atoms with Gasteiger partial charge < -0.3 is 5.11 Å². The zero-order chi connectivity index (χ0) is 29.4. The maximum atomic E-state index is 14.2. The molecule has 0 saturated carbocycles. The van der Waals surface area contributed by atoms with Crippen LogP contribution in [0, 0.1) is 19.8 Å². The van der Waals surface area contributed by atoms with E-state index < -0.39 is 21.9 Å². The van der Waals surface area contributed by atoms with E-state index in [-0.39, 0.29) is 18.9 Å². The van der Waals surface area contributed by atoms with Gasteiger partial charge in [0.1, 0.15) is 5.52 Å². The van der Waals surface area contributed by atoms with Crippen LogP contribution < -0.4 is 0 Å². The van der Waals surface area contributed by atoms with Gasteiger partial charge >= 0.3 is 5.97 Å². The van der Waals surface area contributed by atoms with Gasteiger partial charge in [0.05, 0.1) is 16.8 Å². The Kier molecular flexibility index (Phi) is 7.89. The van der Waals surface area contributed by atoms with Gasteiger partial charge in [0.2, 0.25) is 10.0 Å². The number of carboxylic acids is 1. The number of aliphatic carboxylic acids is 1. The first-order chi connectivity index (χ1) is 20.2. The molecule has 3 unspecified atom stereocenters. The van der Waals surface area contributed by atoms with E-state index in [1.54, 1.807) is 16.4 Å². The first-order valence-electron chi connectivity index (χ1n) is 14.9. The van der Waals surface area contributed by atoms with Crippen molar-refractivity contribution in [1.82, 2.24) is 19.3 Å². The zero-order valence-corrected chi connectivity index (χ0v) is 25.1. The van der Waals surface area contributed by atoms with Crippen LogP contribution in [0.25, 0.3) is 11.0 Å². The SMILES string of the molecule is Cc1ccc2cc1CN1CC(CCCCCn3nnc4c(C)c(ccc43)C2CC(=O)O)CCc2ccccc2S1(=O)=O. The second-order valence-electron chi connectivity index (χ2n) is 12.0. The van der Waals surface area contributed by atoms with Crippen LogP contribution in [0.4, 0.5) is 0 Å². The fourth-order valence-corrected chi connectivity index (χ4v) is 8.52. The number of nitrogens with zero attached hydrogens (tertiary/aromatic N) is 4. The summed E-state index contributed by atoms with van der Waals surface area (Å²) in [6.07, 6.45) is 5.60. The van der Waals surface area contributed by atoms with E-state index in [2.05, 4.69) is 10.3 Å². The van der Waals surface area contributed by atoms with E-state index in [1.165, 1.54) is 0 Å². The van der Waals surface area contributed by atoms with Gasteiger partial charge in [-0.2, -0.15) is 4.31 Å². The number of rotatable bonds is 2. The molecule has 0 radical (unpaired) electrons. The molecule has 8 bridgehead atoms. The predicted molar refractivity (Wildman–Crippen MR) is 162 cm³/mol. The predicted octanol–water partition coefficient (Wildman–Crippen LogP) is 5.98. The molecule has 9 heteroatoms. The highest BCUT2D eigenvalue weighted by Crippen LogP contribution is 2.36. The number of sulfonamides is 1. The standard InChI is InChI=1S/C33H38N4O4S/c1-22-11-13-26-18-27(22)21-36-20-24(12-14-25-9-5-6-10-31(25)42(36,40)41)8-4-3-7-17-37-30-16-15-28(29(26)19-32(38)39)23(2)33(30)34-35-37/h5-6,9-11,13,15-16,18,24,29H,3-4,7-8,12,14,17,19-21H2,1-2H3,(H,38,39). The average Bonchev–Trinajstić information content (AvgIpc) is 3.38. The Morgan fingerprint density at radius 3 is 2.67 bits per heavy atom. The first kappa shape index (κ1) is 28.6. The molecule has 3 aliphatic rings. The second kappa shape index (κ2) is 11.6. The van der Waals surface area contributed by atoms with Gasteiger partial charge in [-0.15, -0.1) is 5.10 Å². The third-order valence-electron chi connectivity index (χ3n) is 9.22. The molecule has 7 rings (SSSR count). The summed E-state index contributed by atoms with van der Waals surface area (Å²) in [5.41, 5.74) is 7.23. The third kappa shape index (κ3) is 5.47. The number of carbonyl (C=O) groups is 1. The summed E-state index contributed by atoms with van der Waals surface area (Å²) < 4.78 is 31.9. The van der Waals surface area contributed by atoms with Crippen molar-refractivity contribution in [2.45, 2.75) is 82.7 Å². The molecule has 3 aliphatic heterocycles. The molecule has 4 aromatic rings. The van der Waals surface area contributed by atoms with Crippen molar-refractivity contribution in [2.75, 3.05) is 6.54 Å². The number of benzene rings is 3. The van der Waals surface area contributed by atoms with Crippen molar-refractivity contribution in [3.8, 4) is 0 Å². The molecule has 42 heavy (non-hydrogen) atoms. The van der Waals surface area contributed by atoms with Crippen molar-refractivity contribution in [1.29, 1.82) is 0 Å². The van der Waals surface area contributed by atoms with Crippen molar-refractivity contribution in [3.63, 3.8) is 0 Å². The summed E-state index contributed by atoms with van der Waals surface area (Å²) in [6.45, 7) is 5.47. The lowest BCUT2D eigenvalue weighted by molar-refractivity contribution is -0.137. The van der Waals surface area contributed by atoms with Crippen LogP contribution in [0.5, 0.6) is 0 Å². The fourth-order valence-electron chi connectivity index (χ4n) is 6.77. The smallest absolute Gasteiger partial charge is 0.304 e. The lowest BCUT2D eigenvalue weighted by Gasteiger charge is -2.31. The number of hydrogen-bond acceptors (Lipinski definition) is 5. The Morgan fingerprint density at radius 1 is 1.00 bits per heavy atom. The lowest BCUT2D eigenvalue weighted by Crippen LogP contribution is -2.37. The number of fused-ring (bicyclic) bond motifs is 6. The molecule has 4 heterocycles. The Hall–Kier alpha value is -3.56. The van der Waals surface area contributed by atoms with Crippen LogP contribution in [0.2, 0.25) is 0 Å². The van der Waals surface area contributed by atoms with Gasteiger partial charge in [0, 0.05) is 25.6 Å². The van der Waals surface area contributed by atoms with E-state index in [9.17, 15) is 18.3 Å². The summed E-state index contributed by atoms with van der Waals surface area (Å²) >= 11 is 0. The van der Waals surface area contributed by atoms with Gasteiger partial charge in [-0.05, 0) is 91.0 Å². The number of carboxylic acid groups (broad SMARTS) is 1. The molecular weight excluding hydrogens is 548 g/mol. The van der Waals surface area contributed by atoms with Crippen LogP contribution in [-0.2, 0) is 34.3 Å². The minimum absolute atomic E-state index is 0.0829. The topological polar surface area (TPSA) is 105 Å². The maximum absolute atomic E-state index is 14.2. The highest BCUT2D eigenvalue weighted by Gasteiger charge is 2.32. The highest BCUT2D eigenvalue weighted by atomic mass is 32.2. The number of aryl methyl sites for hydroxylation is 4. The second-order valence-corrected chi connectivity index (χ2v) is 13.9. The van der Waals surface area contributed by atoms with Crippen LogP contribution in [0.1, 0.15) is 77.8 Å². The maximum Gasteiger partial charge on any atom is 0.304 e. The number of hydrogen-bond donors (Lipinski definition) is 1. The summed E-state index contributed by atoms with van der Waals surface area (Å²) in [4.78, 5) is 12.5. The molecule has 3 aromatic carbocycles. The van der Waals surface area contributed by atoms with Gasteiger partial charge in [-0.25, -0.2) is 13.1 Å². The molecule has 0 amide bonds. The van der Waals surface area contributed by atoms with Crippen LogP contribution in [0.15, 0.2) is 59.5 Å².